The number of Topliss-reactive ketones (excluding diaryl/α,β-unsaturated/α-hetero) is 1. The number of hydrogen-bond donors (Lipinski definition) is 0. The number of rotatable bonds is 3. The summed E-state index contributed by atoms with van der Waals surface area (Å²) in [4.78, 5) is 10.9. The van der Waals surface area contributed by atoms with Gasteiger partial charge in [-0.2, -0.15) is 13.2 Å². The third kappa shape index (κ3) is 4.24. The second-order valence-electron chi connectivity index (χ2n) is 5.28. The molecule has 1 heterocycles. The van der Waals surface area contributed by atoms with Crippen molar-refractivity contribution in [2.45, 2.75) is 39.9 Å². The Morgan fingerprint density at radius 3 is 2.35 bits per heavy atom. The molecule has 0 radical (unpaired) electrons. The number of nitrogens with zero attached hydrogens (tertiary/aromatic N) is 1. The highest BCUT2D eigenvalue weighted by Crippen LogP contribution is 2.23. The van der Waals surface area contributed by atoms with Gasteiger partial charge in [0.15, 0.2) is 0 Å². The zero-order valence-corrected chi connectivity index (χ0v) is 10.1. The second-order valence-corrected chi connectivity index (χ2v) is 5.28. The Morgan fingerprint density at radius 2 is 1.88 bits per heavy atom. The fourth-order valence-corrected chi connectivity index (χ4v) is 1.34. The Morgan fingerprint density at radius 1 is 1.29 bits per heavy atom. The van der Waals surface area contributed by atoms with Crippen molar-refractivity contribution >= 4 is 5.78 Å². The Hall–Kier alpha value is -1.26. The molecule has 0 aliphatic heterocycles. The lowest BCUT2D eigenvalue weighted by Crippen LogP contribution is -2.22. The largest absolute Gasteiger partial charge is 0.454 e. The Bertz CT molecular complexity index is 399. The molecule has 0 spiro atoms. The van der Waals surface area contributed by atoms with E-state index < -0.39 is 12.0 Å². The third-order valence-electron chi connectivity index (χ3n) is 2.39. The van der Waals surface area contributed by atoms with E-state index >= 15 is 0 Å². The van der Waals surface area contributed by atoms with Gasteiger partial charge in [0, 0.05) is 24.5 Å². The maximum atomic E-state index is 12.2. The Labute approximate surface area is 98.4 Å². The summed E-state index contributed by atoms with van der Waals surface area (Å²) in [5.74, 6) is -1.79. The van der Waals surface area contributed by atoms with Crippen LogP contribution in [0.5, 0.6) is 0 Å². The highest BCUT2D eigenvalue weighted by molar-refractivity contribution is 6.00. The van der Waals surface area contributed by atoms with Gasteiger partial charge in [-0.25, -0.2) is 0 Å². The number of aryl methyl sites for hydroxylation is 1. The highest BCUT2D eigenvalue weighted by Gasteiger charge is 2.39. The van der Waals surface area contributed by atoms with Crippen molar-refractivity contribution in [1.82, 2.24) is 4.57 Å². The van der Waals surface area contributed by atoms with Crippen LogP contribution in [-0.2, 0) is 6.54 Å². The number of hydrogen-bond acceptors (Lipinski definition) is 1. The fraction of sp³-hybridized carbons (Fsp3) is 0.583. The van der Waals surface area contributed by atoms with Gasteiger partial charge < -0.3 is 4.57 Å². The number of carbonyl (C=O) groups excluding carboxylic acids is 1. The molecule has 1 rings (SSSR count). The smallest absolute Gasteiger partial charge is 0.353 e. The van der Waals surface area contributed by atoms with Crippen molar-refractivity contribution in [3.05, 3.63) is 24.0 Å². The second kappa shape index (κ2) is 4.55. The monoisotopic (exact) mass is 247 g/mol. The van der Waals surface area contributed by atoms with E-state index in [-0.39, 0.29) is 11.0 Å². The van der Waals surface area contributed by atoms with Crippen LogP contribution in [0.3, 0.4) is 0 Å². The molecular weight excluding hydrogens is 231 g/mol. The molecule has 0 fully saturated rings. The predicted octanol–water partition coefficient (Wildman–Crippen LogP) is 3.67. The molecule has 0 saturated carbocycles. The van der Waals surface area contributed by atoms with Gasteiger partial charge in [0.05, 0.1) is 0 Å². The van der Waals surface area contributed by atoms with Crippen molar-refractivity contribution in [3.63, 3.8) is 0 Å². The zero-order chi connectivity index (χ0) is 13.3. The summed E-state index contributed by atoms with van der Waals surface area (Å²) in [6.07, 6.45) is -1.20. The quantitative estimate of drug-likeness (QED) is 0.747. The lowest BCUT2D eigenvalue weighted by atomic mass is 9.92. The molecule has 17 heavy (non-hydrogen) atoms. The average molecular weight is 247 g/mol. The molecule has 0 saturated heterocycles. The van der Waals surface area contributed by atoms with Gasteiger partial charge in [0.2, 0.25) is 0 Å². The molecule has 0 N–H and O–H groups in total. The van der Waals surface area contributed by atoms with Crippen molar-refractivity contribution in [3.8, 4) is 0 Å². The minimum atomic E-state index is -4.80. The van der Waals surface area contributed by atoms with Gasteiger partial charge in [-0.1, -0.05) is 20.8 Å². The fourth-order valence-electron chi connectivity index (χ4n) is 1.34. The summed E-state index contributed by atoms with van der Waals surface area (Å²) in [6.45, 7) is 6.77. The van der Waals surface area contributed by atoms with E-state index in [1.165, 1.54) is 18.5 Å². The van der Waals surface area contributed by atoms with Crippen molar-refractivity contribution in [2.24, 2.45) is 5.41 Å². The van der Waals surface area contributed by atoms with E-state index in [2.05, 4.69) is 20.8 Å². The molecule has 1 aromatic heterocycles. The van der Waals surface area contributed by atoms with Gasteiger partial charge >= 0.3 is 6.18 Å². The molecule has 2 nitrogen and oxygen atoms in total. The Kier molecular flexibility index (Phi) is 3.69. The zero-order valence-electron chi connectivity index (χ0n) is 10.1. The van der Waals surface area contributed by atoms with Crippen LogP contribution in [0.25, 0.3) is 0 Å². The molecule has 0 amide bonds. The van der Waals surface area contributed by atoms with E-state index in [1.807, 2.05) is 0 Å². The first-order chi connectivity index (χ1) is 7.59. The third-order valence-corrected chi connectivity index (χ3v) is 2.39. The molecule has 0 aliphatic carbocycles. The van der Waals surface area contributed by atoms with Crippen LogP contribution in [0.15, 0.2) is 18.5 Å². The first-order valence-electron chi connectivity index (χ1n) is 5.37. The van der Waals surface area contributed by atoms with E-state index in [0.717, 1.165) is 6.42 Å². The lowest BCUT2D eigenvalue weighted by Gasteiger charge is -2.18. The lowest BCUT2D eigenvalue weighted by molar-refractivity contribution is -0.0885. The van der Waals surface area contributed by atoms with E-state index in [4.69, 9.17) is 0 Å². The molecule has 0 aliphatic rings. The van der Waals surface area contributed by atoms with Crippen LogP contribution < -0.4 is 0 Å². The summed E-state index contributed by atoms with van der Waals surface area (Å²) in [6, 6.07) is 1.21. The number of carbonyl (C=O) groups is 1. The molecule has 0 bridgehead atoms. The van der Waals surface area contributed by atoms with Crippen molar-refractivity contribution < 1.29 is 18.0 Å². The Balaban J connectivity index is 2.69. The minimum absolute atomic E-state index is 0.110. The van der Waals surface area contributed by atoms with Crippen molar-refractivity contribution in [2.75, 3.05) is 0 Å². The van der Waals surface area contributed by atoms with Crippen molar-refractivity contribution in [1.29, 1.82) is 0 Å². The van der Waals surface area contributed by atoms with Gasteiger partial charge in [-0.15, -0.1) is 0 Å². The molecule has 5 heteroatoms. The van der Waals surface area contributed by atoms with Gasteiger partial charge in [-0.05, 0) is 17.9 Å². The average Bonchev–Trinajstić information content (AvgIpc) is 2.59. The van der Waals surface area contributed by atoms with Gasteiger partial charge in [0.1, 0.15) is 0 Å². The summed E-state index contributed by atoms with van der Waals surface area (Å²) < 4.78 is 38.1. The SMILES string of the molecule is CC(C)(C)CCn1ccc(C(=O)C(F)(F)F)c1. The summed E-state index contributed by atoms with van der Waals surface area (Å²) in [7, 11) is 0. The number of alkyl halides is 3. The highest BCUT2D eigenvalue weighted by atomic mass is 19.4. The van der Waals surface area contributed by atoms with Crippen LogP contribution in [0.4, 0.5) is 13.2 Å². The molecule has 1 aromatic rings. The van der Waals surface area contributed by atoms with Gasteiger partial charge in [-0.3, -0.25) is 4.79 Å². The number of halogens is 3. The topological polar surface area (TPSA) is 22.0 Å². The molecular formula is C12H16F3NO. The predicted molar refractivity (Wildman–Crippen MR) is 58.9 cm³/mol. The summed E-state index contributed by atoms with van der Waals surface area (Å²) >= 11 is 0. The van der Waals surface area contributed by atoms with Crippen LogP contribution in [0.2, 0.25) is 0 Å². The first kappa shape index (κ1) is 13.8. The standard InChI is InChI=1S/C12H16F3NO/c1-11(2,3)5-7-16-6-4-9(8-16)10(17)12(13,14)15/h4,6,8H,5,7H2,1-3H3. The van der Waals surface area contributed by atoms with Crippen LogP contribution in [-0.4, -0.2) is 16.5 Å². The maximum absolute atomic E-state index is 12.2. The minimum Gasteiger partial charge on any atom is -0.353 e. The molecule has 0 atom stereocenters. The molecule has 0 unspecified atom stereocenters. The van der Waals surface area contributed by atoms with E-state index in [1.54, 1.807) is 4.57 Å². The number of ketones is 1. The maximum Gasteiger partial charge on any atom is 0.454 e. The summed E-state index contributed by atoms with van der Waals surface area (Å²) in [5, 5.41) is 0. The molecule has 0 aromatic carbocycles. The molecule has 96 valence electrons. The summed E-state index contributed by atoms with van der Waals surface area (Å²) in [5.41, 5.74) is -0.190. The van der Waals surface area contributed by atoms with E-state index in [0.29, 0.717) is 6.54 Å². The first-order valence-corrected chi connectivity index (χ1v) is 5.37. The van der Waals surface area contributed by atoms with Crippen LogP contribution >= 0.6 is 0 Å². The van der Waals surface area contributed by atoms with Crippen LogP contribution in [0, 0.1) is 5.41 Å². The normalized spacial score (nSPS) is 12.8. The van der Waals surface area contributed by atoms with Gasteiger partial charge in [0.25, 0.3) is 5.78 Å². The van der Waals surface area contributed by atoms with E-state index in [9.17, 15) is 18.0 Å². The number of aromatic nitrogens is 1. The van der Waals surface area contributed by atoms with Crippen LogP contribution in [0.1, 0.15) is 37.6 Å².